The number of benzene rings is 1. The minimum Gasteiger partial charge on any atom is -0.366 e. The van der Waals surface area contributed by atoms with Crippen molar-refractivity contribution in [3.05, 3.63) is 41.7 Å². The van der Waals surface area contributed by atoms with Crippen LogP contribution in [0.3, 0.4) is 0 Å². The zero-order valence-electron chi connectivity index (χ0n) is 15.2. The molecule has 2 aromatic rings. The molecule has 3 heterocycles. The largest absolute Gasteiger partial charge is 0.366 e. The lowest BCUT2D eigenvalue weighted by Crippen LogP contribution is -2.41. The predicted molar refractivity (Wildman–Crippen MR) is 100 cm³/mol. The van der Waals surface area contributed by atoms with Crippen LogP contribution in [0, 0.1) is 0 Å². The summed E-state index contributed by atoms with van der Waals surface area (Å²) in [6.07, 6.45) is 4.89. The summed E-state index contributed by atoms with van der Waals surface area (Å²) in [5.74, 6) is -0.149. The number of anilines is 1. The van der Waals surface area contributed by atoms with Crippen molar-refractivity contribution in [2.75, 3.05) is 31.1 Å². The van der Waals surface area contributed by atoms with E-state index in [1.54, 1.807) is 6.20 Å². The third kappa shape index (κ3) is 3.44. The van der Waals surface area contributed by atoms with E-state index in [0.29, 0.717) is 18.3 Å². The van der Waals surface area contributed by atoms with Crippen molar-refractivity contribution < 1.29 is 4.79 Å². The van der Waals surface area contributed by atoms with Gasteiger partial charge in [-0.3, -0.25) is 4.79 Å². The van der Waals surface area contributed by atoms with Crippen LogP contribution in [-0.4, -0.2) is 53.1 Å². The number of para-hydroxylation sites is 1. The molecule has 7 nitrogen and oxygen atoms in total. The van der Waals surface area contributed by atoms with Gasteiger partial charge in [0.05, 0.1) is 12.2 Å². The molecule has 1 amide bonds. The maximum absolute atomic E-state index is 12.4. The normalized spacial score (nSPS) is 18.6. The molecule has 1 saturated heterocycles. The molecule has 1 atom stereocenters. The highest BCUT2D eigenvalue weighted by Gasteiger charge is 2.24. The van der Waals surface area contributed by atoms with Crippen molar-refractivity contribution in [2.24, 2.45) is 0 Å². The number of nitrogens with zero attached hydrogens (tertiary/aromatic N) is 4. The molecule has 2 aliphatic rings. The summed E-state index contributed by atoms with van der Waals surface area (Å²) in [7, 11) is 0. The van der Waals surface area contributed by atoms with E-state index in [4.69, 9.17) is 0 Å². The molecule has 138 valence electrons. The molecule has 7 heteroatoms. The molecule has 26 heavy (non-hydrogen) atoms. The molecule has 2 aliphatic heterocycles. The molecule has 0 bridgehead atoms. The Kier molecular flexibility index (Phi) is 4.88. The number of nitrogens with one attached hydrogen (secondary N) is 2. The van der Waals surface area contributed by atoms with Gasteiger partial charge in [-0.2, -0.15) is 0 Å². The second-order valence-electron chi connectivity index (χ2n) is 7.20. The molecule has 0 aliphatic carbocycles. The summed E-state index contributed by atoms with van der Waals surface area (Å²) in [4.78, 5) is 14.8. The number of hydrogen-bond donors (Lipinski definition) is 2. The molecule has 0 saturated carbocycles. The number of fused-ring (bicyclic) bond motifs is 1. The Balaban J connectivity index is 1.33. The maximum atomic E-state index is 12.4. The van der Waals surface area contributed by atoms with E-state index in [1.165, 1.54) is 11.3 Å². The second kappa shape index (κ2) is 7.45. The highest BCUT2D eigenvalue weighted by atomic mass is 16.2. The van der Waals surface area contributed by atoms with Crippen LogP contribution < -0.4 is 15.5 Å². The highest BCUT2D eigenvalue weighted by Crippen LogP contribution is 2.28. The third-order valence-electron chi connectivity index (χ3n) is 5.44. The van der Waals surface area contributed by atoms with E-state index < -0.39 is 0 Å². The Bertz CT molecular complexity index is 767. The lowest BCUT2D eigenvalue weighted by Gasteiger charge is -2.27. The standard InChI is InChI=1S/C19H26N6O/c1-14(24-11-8-15-4-2-3-5-18(15)24)12-21-19(26)17-13-25(23-22-17)16-6-9-20-10-7-16/h2-5,13-14,16,20H,6-12H2,1H3,(H,21,26). The lowest BCUT2D eigenvalue weighted by molar-refractivity contribution is 0.0946. The van der Waals surface area contributed by atoms with Gasteiger partial charge in [-0.1, -0.05) is 23.4 Å². The lowest BCUT2D eigenvalue weighted by atomic mass is 10.1. The molecule has 4 rings (SSSR count). The molecular formula is C19H26N6O. The van der Waals surface area contributed by atoms with Crippen molar-refractivity contribution in [2.45, 2.75) is 38.3 Å². The number of amides is 1. The summed E-state index contributed by atoms with van der Waals surface area (Å²) < 4.78 is 1.84. The minimum atomic E-state index is -0.149. The number of piperidine rings is 1. The minimum absolute atomic E-state index is 0.149. The van der Waals surface area contributed by atoms with E-state index >= 15 is 0 Å². The molecule has 1 unspecified atom stereocenters. The topological polar surface area (TPSA) is 75.1 Å². The van der Waals surface area contributed by atoms with Crippen LogP contribution in [0.25, 0.3) is 0 Å². The summed E-state index contributed by atoms with van der Waals surface area (Å²) in [5.41, 5.74) is 3.07. The van der Waals surface area contributed by atoms with Gasteiger partial charge in [0.25, 0.3) is 5.91 Å². The first-order chi connectivity index (χ1) is 12.7. The third-order valence-corrected chi connectivity index (χ3v) is 5.44. The first-order valence-corrected chi connectivity index (χ1v) is 9.47. The van der Waals surface area contributed by atoms with Gasteiger partial charge in [-0.05, 0) is 50.9 Å². The fourth-order valence-electron chi connectivity index (χ4n) is 3.89. The monoisotopic (exact) mass is 354 g/mol. The van der Waals surface area contributed by atoms with Gasteiger partial charge < -0.3 is 15.5 Å². The maximum Gasteiger partial charge on any atom is 0.273 e. The fourth-order valence-corrected chi connectivity index (χ4v) is 3.89. The average molecular weight is 354 g/mol. The molecule has 2 N–H and O–H groups in total. The van der Waals surface area contributed by atoms with Crippen LogP contribution in [0.1, 0.15) is 41.9 Å². The van der Waals surface area contributed by atoms with Gasteiger partial charge in [-0.25, -0.2) is 4.68 Å². The number of rotatable bonds is 5. The van der Waals surface area contributed by atoms with Gasteiger partial charge in [0.15, 0.2) is 5.69 Å². The van der Waals surface area contributed by atoms with Crippen LogP contribution in [0.2, 0.25) is 0 Å². The van der Waals surface area contributed by atoms with E-state index in [0.717, 1.165) is 38.9 Å². The Morgan fingerprint density at radius 3 is 3.00 bits per heavy atom. The zero-order valence-corrected chi connectivity index (χ0v) is 15.2. The first kappa shape index (κ1) is 17.0. The summed E-state index contributed by atoms with van der Waals surface area (Å²) >= 11 is 0. The Morgan fingerprint density at radius 1 is 1.35 bits per heavy atom. The van der Waals surface area contributed by atoms with Crippen molar-refractivity contribution in [3.63, 3.8) is 0 Å². The highest BCUT2D eigenvalue weighted by molar-refractivity contribution is 5.91. The van der Waals surface area contributed by atoms with E-state index in [1.807, 2.05) is 4.68 Å². The number of aromatic nitrogens is 3. The van der Waals surface area contributed by atoms with Crippen LogP contribution in [0.4, 0.5) is 5.69 Å². The van der Waals surface area contributed by atoms with Gasteiger partial charge in [0.2, 0.25) is 0 Å². The van der Waals surface area contributed by atoms with Gasteiger partial charge in [0.1, 0.15) is 0 Å². The van der Waals surface area contributed by atoms with Gasteiger partial charge >= 0.3 is 0 Å². The van der Waals surface area contributed by atoms with Crippen molar-refractivity contribution in [1.82, 2.24) is 25.6 Å². The Labute approximate surface area is 153 Å². The summed E-state index contributed by atoms with van der Waals surface area (Å²) in [6.45, 7) is 5.71. The fraction of sp³-hybridized carbons (Fsp3) is 0.526. The van der Waals surface area contributed by atoms with Crippen LogP contribution >= 0.6 is 0 Å². The smallest absolute Gasteiger partial charge is 0.273 e. The Morgan fingerprint density at radius 2 is 2.15 bits per heavy atom. The van der Waals surface area contributed by atoms with Crippen molar-refractivity contribution >= 4 is 11.6 Å². The number of carbonyl (C=O) groups is 1. The van der Waals surface area contributed by atoms with Crippen LogP contribution in [-0.2, 0) is 6.42 Å². The molecule has 1 fully saturated rings. The van der Waals surface area contributed by atoms with E-state index in [2.05, 4.69) is 57.0 Å². The van der Waals surface area contributed by atoms with Crippen molar-refractivity contribution in [1.29, 1.82) is 0 Å². The average Bonchev–Trinajstić information content (AvgIpc) is 3.34. The van der Waals surface area contributed by atoms with Gasteiger partial charge in [-0.15, -0.1) is 5.10 Å². The zero-order chi connectivity index (χ0) is 17.9. The number of hydrogen-bond acceptors (Lipinski definition) is 5. The molecule has 1 aromatic heterocycles. The molecule has 0 radical (unpaired) electrons. The summed E-state index contributed by atoms with van der Waals surface area (Å²) in [6, 6.07) is 9.07. The van der Waals surface area contributed by atoms with Crippen molar-refractivity contribution in [3.8, 4) is 0 Å². The Hall–Kier alpha value is -2.41. The predicted octanol–water partition coefficient (Wildman–Crippen LogP) is 1.38. The number of carbonyl (C=O) groups excluding carboxylic acids is 1. The van der Waals surface area contributed by atoms with Crippen LogP contribution in [0.5, 0.6) is 0 Å². The van der Waals surface area contributed by atoms with E-state index in [-0.39, 0.29) is 11.9 Å². The van der Waals surface area contributed by atoms with Crippen LogP contribution in [0.15, 0.2) is 30.5 Å². The van der Waals surface area contributed by atoms with Gasteiger partial charge in [0, 0.05) is 24.8 Å². The summed E-state index contributed by atoms with van der Waals surface area (Å²) in [5, 5.41) is 14.6. The second-order valence-corrected chi connectivity index (χ2v) is 7.20. The molecule has 0 spiro atoms. The molecular weight excluding hydrogens is 328 g/mol. The van der Waals surface area contributed by atoms with E-state index in [9.17, 15) is 4.79 Å². The SMILES string of the molecule is CC(CNC(=O)c1cn(C2CCNCC2)nn1)N1CCc2ccccc21. The molecule has 1 aromatic carbocycles. The quantitative estimate of drug-likeness (QED) is 0.849. The first-order valence-electron chi connectivity index (χ1n) is 9.47.